The lowest BCUT2D eigenvalue weighted by Crippen LogP contribution is -2.41. The van der Waals surface area contributed by atoms with Crippen LogP contribution >= 0.6 is 0 Å². The number of carboxylic acids is 1. The Morgan fingerprint density at radius 3 is 2.35 bits per heavy atom. The van der Waals surface area contributed by atoms with Crippen molar-refractivity contribution in [1.29, 1.82) is 0 Å². The van der Waals surface area contributed by atoms with E-state index in [1.54, 1.807) is 12.1 Å². The number of carboxylic acid groups (broad SMARTS) is 1. The molecular weight excluding hydrogens is 434 g/mol. The highest BCUT2D eigenvalue weighted by Crippen LogP contribution is 2.44. The first kappa shape index (κ1) is 21.6. The maximum absolute atomic E-state index is 13.0. The maximum Gasteiger partial charge on any atom is 0.411 e. The molecule has 34 heavy (non-hydrogen) atoms. The van der Waals surface area contributed by atoms with E-state index in [-0.39, 0.29) is 23.9 Å². The molecule has 1 aliphatic heterocycles. The number of hydrogen-bond donors (Lipinski definition) is 2. The van der Waals surface area contributed by atoms with Crippen LogP contribution in [0.3, 0.4) is 0 Å². The van der Waals surface area contributed by atoms with E-state index in [4.69, 9.17) is 4.74 Å². The van der Waals surface area contributed by atoms with E-state index in [0.29, 0.717) is 19.4 Å². The lowest BCUT2D eigenvalue weighted by molar-refractivity contribution is -0.141. The Morgan fingerprint density at radius 1 is 1.00 bits per heavy atom. The first-order chi connectivity index (χ1) is 16.5. The summed E-state index contributed by atoms with van der Waals surface area (Å²) >= 11 is 0. The van der Waals surface area contributed by atoms with Crippen LogP contribution in [0.5, 0.6) is 0 Å². The van der Waals surface area contributed by atoms with E-state index >= 15 is 0 Å². The van der Waals surface area contributed by atoms with Crippen LogP contribution in [0.25, 0.3) is 11.1 Å². The van der Waals surface area contributed by atoms with E-state index in [1.807, 2.05) is 36.4 Å². The Bertz CT molecular complexity index is 1230. The first-order valence-electron chi connectivity index (χ1n) is 11.2. The number of rotatable bonds is 5. The summed E-state index contributed by atoms with van der Waals surface area (Å²) in [7, 11) is 0. The molecule has 0 bridgehead atoms. The van der Waals surface area contributed by atoms with Crippen molar-refractivity contribution in [2.75, 3.05) is 18.5 Å². The number of hydrogen-bond acceptors (Lipinski definition) is 5. The smallest absolute Gasteiger partial charge is 0.411 e. The van der Waals surface area contributed by atoms with Gasteiger partial charge in [0.15, 0.2) is 5.69 Å². The summed E-state index contributed by atoms with van der Waals surface area (Å²) in [5.41, 5.74) is 4.63. The zero-order valence-electron chi connectivity index (χ0n) is 18.3. The number of likely N-dealkylation sites (tertiary alicyclic amines) is 1. The lowest BCUT2D eigenvalue weighted by Gasteiger charge is -2.22. The largest absolute Gasteiger partial charge is 0.480 e. The molecule has 2 amide bonds. The summed E-state index contributed by atoms with van der Waals surface area (Å²) in [6.45, 7) is 0.466. The van der Waals surface area contributed by atoms with Gasteiger partial charge in [-0.15, -0.1) is 0 Å². The SMILES string of the molecule is O=C(Nc1cccnc1C(=O)N1CCC[C@@H]1C(=O)O)OCC1c2ccccc2-c2ccccc21. The summed E-state index contributed by atoms with van der Waals surface area (Å²) < 4.78 is 5.57. The van der Waals surface area contributed by atoms with Gasteiger partial charge in [0.1, 0.15) is 12.6 Å². The van der Waals surface area contributed by atoms with Gasteiger partial charge in [-0.2, -0.15) is 0 Å². The van der Waals surface area contributed by atoms with E-state index < -0.39 is 24.0 Å². The number of anilines is 1. The number of carbonyl (C=O) groups excluding carboxylic acids is 2. The fourth-order valence-electron chi connectivity index (χ4n) is 4.82. The molecule has 8 heteroatoms. The third-order valence-electron chi connectivity index (χ3n) is 6.39. The van der Waals surface area contributed by atoms with Crippen LogP contribution in [-0.2, 0) is 9.53 Å². The standard InChI is InChI=1S/C26H23N3O5/c30-24(29-14-6-12-22(29)25(31)32)23-21(11-5-13-27-23)28-26(33)34-15-20-18-9-3-1-7-16(18)17-8-2-4-10-19(17)20/h1-5,7-11,13,20,22H,6,12,14-15H2,(H,28,33)(H,31,32)/t22-/m1/s1. The number of pyridine rings is 1. The highest BCUT2D eigenvalue weighted by atomic mass is 16.5. The van der Waals surface area contributed by atoms with Gasteiger partial charge in [-0.3, -0.25) is 10.1 Å². The molecule has 0 radical (unpaired) electrons. The summed E-state index contributed by atoms with van der Waals surface area (Å²) in [6, 6.07) is 18.3. The van der Waals surface area contributed by atoms with Crippen molar-refractivity contribution in [3.63, 3.8) is 0 Å². The normalized spacial score (nSPS) is 16.6. The topological polar surface area (TPSA) is 109 Å². The third-order valence-corrected chi connectivity index (χ3v) is 6.39. The Hall–Kier alpha value is -4.20. The van der Waals surface area contributed by atoms with E-state index in [0.717, 1.165) is 22.3 Å². The number of benzene rings is 2. The highest BCUT2D eigenvalue weighted by molar-refractivity contribution is 6.02. The molecule has 1 aromatic heterocycles. The molecule has 1 aliphatic carbocycles. The van der Waals surface area contributed by atoms with Gasteiger partial charge in [-0.25, -0.2) is 14.6 Å². The Labute approximate surface area is 196 Å². The van der Waals surface area contributed by atoms with Gasteiger partial charge in [0.2, 0.25) is 0 Å². The van der Waals surface area contributed by atoms with Gasteiger partial charge in [-0.1, -0.05) is 48.5 Å². The number of nitrogens with one attached hydrogen (secondary N) is 1. The van der Waals surface area contributed by atoms with Crippen LogP contribution in [-0.4, -0.2) is 52.2 Å². The summed E-state index contributed by atoms with van der Waals surface area (Å²) in [4.78, 5) is 42.6. The molecule has 2 aromatic carbocycles. The number of nitrogens with zero attached hydrogens (tertiary/aromatic N) is 2. The zero-order valence-corrected chi connectivity index (χ0v) is 18.3. The van der Waals surface area contributed by atoms with E-state index in [2.05, 4.69) is 22.4 Å². The molecule has 0 unspecified atom stereocenters. The summed E-state index contributed by atoms with van der Waals surface area (Å²) in [6.07, 6.45) is 1.72. The number of aliphatic carboxylic acids is 1. The molecular formula is C26H23N3O5. The molecule has 2 aliphatic rings. The molecule has 3 aromatic rings. The number of ether oxygens (including phenoxy) is 1. The van der Waals surface area contributed by atoms with Gasteiger partial charge in [-0.05, 0) is 47.2 Å². The van der Waals surface area contributed by atoms with Crippen molar-refractivity contribution in [2.45, 2.75) is 24.8 Å². The molecule has 2 N–H and O–H groups in total. The number of carbonyl (C=O) groups is 3. The fraction of sp³-hybridized carbons (Fsp3) is 0.231. The van der Waals surface area contributed by atoms with Crippen molar-refractivity contribution in [2.24, 2.45) is 0 Å². The second-order valence-corrected chi connectivity index (χ2v) is 8.34. The van der Waals surface area contributed by atoms with E-state index in [9.17, 15) is 19.5 Å². The minimum atomic E-state index is -1.05. The predicted molar refractivity (Wildman–Crippen MR) is 125 cm³/mol. The minimum absolute atomic E-state index is 0.0100. The van der Waals surface area contributed by atoms with Gasteiger partial charge in [0.25, 0.3) is 5.91 Å². The third kappa shape index (κ3) is 3.87. The second kappa shape index (κ2) is 8.97. The highest BCUT2D eigenvalue weighted by Gasteiger charge is 2.36. The number of amides is 2. The van der Waals surface area contributed by atoms with Crippen LogP contribution in [0, 0.1) is 0 Å². The van der Waals surface area contributed by atoms with E-state index in [1.165, 1.54) is 11.1 Å². The molecule has 1 fully saturated rings. The molecule has 5 rings (SSSR count). The molecule has 2 heterocycles. The van der Waals surface area contributed by atoms with Crippen molar-refractivity contribution in [1.82, 2.24) is 9.88 Å². The zero-order chi connectivity index (χ0) is 23.7. The Balaban J connectivity index is 1.30. The monoisotopic (exact) mass is 457 g/mol. The Kier molecular flexibility index (Phi) is 5.71. The minimum Gasteiger partial charge on any atom is -0.480 e. The van der Waals surface area contributed by atoms with Crippen molar-refractivity contribution in [3.8, 4) is 11.1 Å². The molecule has 0 saturated carbocycles. The van der Waals surface area contributed by atoms with Crippen LogP contribution in [0.4, 0.5) is 10.5 Å². The van der Waals surface area contributed by atoms with Crippen LogP contribution < -0.4 is 5.32 Å². The molecule has 0 spiro atoms. The maximum atomic E-state index is 13.0. The molecule has 1 saturated heterocycles. The molecule has 8 nitrogen and oxygen atoms in total. The van der Waals surface area contributed by atoms with Gasteiger partial charge < -0.3 is 14.7 Å². The average Bonchev–Trinajstić information content (AvgIpc) is 3.46. The van der Waals surface area contributed by atoms with Crippen LogP contribution in [0.1, 0.15) is 40.4 Å². The number of aromatic nitrogens is 1. The average molecular weight is 457 g/mol. The number of fused-ring (bicyclic) bond motifs is 3. The molecule has 172 valence electrons. The van der Waals surface area contributed by atoms with Crippen molar-refractivity contribution >= 4 is 23.7 Å². The molecule has 1 atom stereocenters. The quantitative estimate of drug-likeness (QED) is 0.596. The van der Waals surface area contributed by atoms with Gasteiger partial charge in [0, 0.05) is 18.7 Å². The summed E-state index contributed by atoms with van der Waals surface area (Å²) in [5, 5.41) is 12.0. The first-order valence-corrected chi connectivity index (χ1v) is 11.2. The predicted octanol–water partition coefficient (Wildman–Crippen LogP) is 4.13. The van der Waals surface area contributed by atoms with Gasteiger partial charge in [0.05, 0.1) is 5.69 Å². The van der Waals surface area contributed by atoms with Crippen molar-refractivity contribution < 1.29 is 24.2 Å². The van der Waals surface area contributed by atoms with Crippen LogP contribution in [0.2, 0.25) is 0 Å². The fourth-order valence-corrected chi connectivity index (χ4v) is 4.82. The second-order valence-electron chi connectivity index (χ2n) is 8.34. The summed E-state index contributed by atoms with van der Waals surface area (Å²) in [5.74, 6) is -1.67. The van der Waals surface area contributed by atoms with Gasteiger partial charge >= 0.3 is 12.1 Å². The van der Waals surface area contributed by atoms with Crippen LogP contribution in [0.15, 0.2) is 66.9 Å². The van der Waals surface area contributed by atoms with Crippen molar-refractivity contribution in [3.05, 3.63) is 83.7 Å². The Morgan fingerprint density at radius 2 is 1.68 bits per heavy atom. The lowest BCUT2D eigenvalue weighted by atomic mass is 9.98.